The summed E-state index contributed by atoms with van der Waals surface area (Å²) < 4.78 is 0. The first-order chi connectivity index (χ1) is 28.6. The summed E-state index contributed by atoms with van der Waals surface area (Å²) in [5, 5.41) is 0. The number of unbranched alkanes of at least 4 members (excludes halogenated alkanes) is 1. The highest BCUT2D eigenvalue weighted by molar-refractivity contribution is 6.36. The molecule has 0 aliphatic rings. The Morgan fingerprint density at radius 3 is 0.983 bits per heavy atom. The van der Waals surface area contributed by atoms with Crippen LogP contribution < -0.4 is 0 Å². The molecule has 9 nitrogen and oxygen atoms in total. The molecule has 0 aromatic heterocycles. The van der Waals surface area contributed by atoms with E-state index in [4.69, 9.17) is 19.2 Å². The van der Waals surface area contributed by atoms with E-state index in [0.29, 0.717) is 32.1 Å². The second-order valence-electron chi connectivity index (χ2n) is 12.2. The first kappa shape index (κ1) is 69.4. The minimum atomic E-state index is -0.345. The molecule has 0 fully saturated rings. The topological polar surface area (TPSA) is 154 Å². The standard InChI is InChI=1S/C11H14O.C10H14.C9H12.C7H12O2.C5H8O2.C4H10.C2H6.CO2.2CH2O/c1-3-9-5-7-10(8-6-9)11(12)4-2;1-3-9-5-7-10(4-2)8-6-9;1-3-9-6-4-8(2)5-7-9;1-3-7(9)5-4-6(2)8;1-3-5(7)4(2)6;1-3-4-2;1-2;2-1-3;2*1-2/h5-8H,3-4H2,1-2H3;5-8H,3-4H2,1-2H3;4-7H,3H2,1-2H3;3-5H2,1-2H3;3H2,1-2H3;3-4H2,1-2H3;1-2H3;;2*1H2. The molecule has 9 heteroatoms. The molecule has 338 valence electrons. The first-order valence-corrected chi connectivity index (χ1v) is 21.0. The Kier molecular flexibility index (Phi) is 64.5. The zero-order chi connectivity index (χ0) is 48.3. The number of hydrogen-bond acceptors (Lipinski definition) is 9. The molecular formula is C51H80O9. The summed E-state index contributed by atoms with van der Waals surface area (Å²) in [6, 6.07) is 25.3. The smallest absolute Gasteiger partial charge is 0.307 e. The molecule has 0 bridgehead atoms. The van der Waals surface area contributed by atoms with Crippen molar-refractivity contribution >= 4 is 48.6 Å². The van der Waals surface area contributed by atoms with Crippen LogP contribution in [0.4, 0.5) is 0 Å². The summed E-state index contributed by atoms with van der Waals surface area (Å²) in [5.74, 6) is -0.151. The van der Waals surface area contributed by atoms with E-state index in [-0.39, 0.29) is 35.1 Å². The van der Waals surface area contributed by atoms with E-state index in [9.17, 15) is 24.0 Å². The van der Waals surface area contributed by atoms with E-state index in [1.165, 1.54) is 54.5 Å². The molecule has 0 radical (unpaired) electrons. The second-order valence-corrected chi connectivity index (χ2v) is 12.2. The van der Waals surface area contributed by atoms with E-state index >= 15 is 0 Å². The number of carbonyl (C=O) groups excluding carboxylic acids is 9. The maximum atomic E-state index is 11.2. The molecule has 0 atom stereocenters. The second kappa shape index (κ2) is 55.8. The Hall–Kier alpha value is -5.27. The molecule has 0 aliphatic carbocycles. The van der Waals surface area contributed by atoms with Gasteiger partial charge in [-0.15, -0.1) is 0 Å². The molecule has 60 heavy (non-hydrogen) atoms. The van der Waals surface area contributed by atoms with Gasteiger partial charge in [0.2, 0.25) is 0 Å². The lowest BCUT2D eigenvalue weighted by atomic mass is 10.1. The van der Waals surface area contributed by atoms with Crippen molar-refractivity contribution in [2.75, 3.05) is 0 Å². The van der Waals surface area contributed by atoms with Crippen molar-refractivity contribution in [2.45, 2.75) is 168 Å². The third-order valence-corrected chi connectivity index (χ3v) is 7.74. The van der Waals surface area contributed by atoms with Gasteiger partial charge in [-0.05, 0) is 61.8 Å². The van der Waals surface area contributed by atoms with Gasteiger partial charge in [-0.3, -0.25) is 19.2 Å². The number of aryl methyl sites for hydroxylation is 5. The molecule has 3 aromatic rings. The third-order valence-electron chi connectivity index (χ3n) is 7.74. The van der Waals surface area contributed by atoms with Crippen LogP contribution in [0.5, 0.6) is 0 Å². The van der Waals surface area contributed by atoms with Gasteiger partial charge < -0.3 is 14.4 Å². The maximum absolute atomic E-state index is 11.2. The highest BCUT2D eigenvalue weighted by Crippen LogP contribution is 2.07. The normalized spacial score (nSPS) is 8.23. The fourth-order valence-electron chi connectivity index (χ4n) is 3.71. The average molecular weight is 837 g/mol. The van der Waals surface area contributed by atoms with Crippen LogP contribution in [0.25, 0.3) is 0 Å². The van der Waals surface area contributed by atoms with Crippen LogP contribution in [0.3, 0.4) is 0 Å². The summed E-state index contributed by atoms with van der Waals surface area (Å²) in [7, 11) is 0. The van der Waals surface area contributed by atoms with Crippen molar-refractivity contribution in [3.05, 3.63) is 106 Å². The average Bonchev–Trinajstić information content (AvgIpc) is 3.31. The van der Waals surface area contributed by atoms with Gasteiger partial charge in [0.05, 0.1) is 0 Å². The highest BCUT2D eigenvalue weighted by Gasteiger charge is 2.02. The van der Waals surface area contributed by atoms with E-state index in [0.717, 1.165) is 31.2 Å². The van der Waals surface area contributed by atoms with Crippen LogP contribution >= 0.6 is 0 Å². The molecule has 3 rings (SSSR count). The number of benzene rings is 3. The van der Waals surface area contributed by atoms with E-state index in [1.54, 1.807) is 6.92 Å². The Morgan fingerprint density at radius 1 is 0.483 bits per heavy atom. The van der Waals surface area contributed by atoms with Gasteiger partial charge in [-0.1, -0.05) is 167 Å². The molecule has 0 saturated heterocycles. The molecule has 0 N–H and O–H groups in total. The summed E-state index contributed by atoms with van der Waals surface area (Å²) in [6.45, 7) is 31.3. The molecule has 0 unspecified atom stereocenters. The Morgan fingerprint density at radius 2 is 0.783 bits per heavy atom. The molecule has 0 heterocycles. The van der Waals surface area contributed by atoms with E-state index in [2.05, 4.69) is 97.0 Å². The minimum absolute atomic E-state index is 0.0943. The Labute approximate surface area is 364 Å². The van der Waals surface area contributed by atoms with Gasteiger partial charge in [0.25, 0.3) is 0 Å². The number of ketones is 5. The third kappa shape index (κ3) is 50.7. The van der Waals surface area contributed by atoms with Crippen molar-refractivity contribution in [3.8, 4) is 0 Å². The fourth-order valence-corrected chi connectivity index (χ4v) is 3.71. The monoisotopic (exact) mass is 837 g/mol. The minimum Gasteiger partial charge on any atom is -0.307 e. The van der Waals surface area contributed by atoms with Gasteiger partial charge in [0.15, 0.2) is 17.3 Å². The van der Waals surface area contributed by atoms with E-state index in [1.807, 2.05) is 65.5 Å². The predicted molar refractivity (Wildman–Crippen MR) is 249 cm³/mol. The summed E-state index contributed by atoms with van der Waals surface area (Å²) in [6.07, 6.45) is 9.64. The van der Waals surface area contributed by atoms with Crippen LogP contribution in [0.1, 0.15) is 173 Å². The number of Topliss-reactive ketones (excluding diaryl/α,β-unsaturated/α-hetero) is 5. The lowest BCUT2D eigenvalue weighted by Crippen LogP contribution is -2.06. The van der Waals surface area contributed by atoms with Crippen LogP contribution in [-0.2, 0) is 64.0 Å². The quantitative estimate of drug-likeness (QED) is 0.121. The van der Waals surface area contributed by atoms with Crippen LogP contribution in [0.2, 0.25) is 0 Å². The summed E-state index contributed by atoms with van der Waals surface area (Å²) >= 11 is 0. The zero-order valence-electron chi connectivity index (χ0n) is 39.8. The van der Waals surface area contributed by atoms with Crippen molar-refractivity contribution in [1.29, 1.82) is 0 Å². The lowest BCUT2D eigenvalue weighted by molar-refractivity contribution is -0.191. The molecule has 3 aromatic carbocycles. The van der Waals surface area contributed by atoms with Crippen molar-refractivity contribution in [3.63, 3.8) is 0 Å². The number of rotatable bonds is 13. The molecule has 0 amide bonds. The Bertz CT molecular complexity index is 1440. The SMILES string of the molecule is C=O.C=O.CC.CCC(=O)C(C)=O.CCC(=O)CCC(C)=O.CCC(=O)c1ccc(CC)cc1.CCCC.CCc1ccc(C)cc1.CCc1ccc(CC)cc1.O=C=O. The van der Waals surface area contributed by atoms with Crippen molar-refractivity contribution < 1.29 is 43.2 Å². The zero-order valence-corrected chi connectivity index (χ0v) is 39.8. The molecule has 0 aliphatic heterocycles. The van der Waals surface area contributed by atoms with Gasteiger partial charge in [0, 0.05) is 44.6 Å². The number of hydrogen-bond donors (Lipinski definition) is 0. The van der Waals surface area contributed by atoms with Gasteiger partial charge >= 0.3 is 6.15 Å². The molecule has 0 saturated carbocycles. The van der Waals surface area contributed by atoms with Crippen LogP contribution in [0, 0.1) is 6.92 Å². The maximum Gasteiger partial charge on any atom is 0.373 e. The Balaban J connectivity index is -0.000000110. The number of carbonyl (C=O) groups is 7. The first-order valence-electron chi connectivity index (χ1n) is 21.0. The molecular weight excluding hydrogens is 757 g/mol. The summed E-state index contributed by atoms with van der Waals surface area (Å²) in [4.78, 5) is 84.5. The van der Waals surface area contributed by atoms with Crippen molar-refractivity contribution in [2.24, 2.45) is 0 Å². The largest absolute Gasteiger partial charge is 0.373 e. The van der Waals surface area contributed by atoms with Crippen LogP contribution in [-0.4, -0.2) is 48.6 Å². The fraction of sp³-hybridized carbons (Fsp3) is 0.490. The van der Waals surface area contributed by atoms with Gasteiger partial charge in [0.1, 0.15) is 25.1 Å². The lowest BCUT2D eigenvalue weighted by Gasteiger charge is -1.99. The highest BCUT2D eigenvalue weighted by atomic mass is 16.2. The van der Waals surface area contributed by atoms with Gasteiger partial charge in [-0.2, -0.15) is 9.59 Å². The van der Waals surface area contributed by atoms with Crippen LogP contribution in [0.15, 0.2) is 72.8 Å². The predicted octanol–water partition coefficient (Wildman–Crippen LogP) is 12.0. The summed E-state index contributed by atoms with van der Waals surface area (Å²) in [5.41, 5.74) is 7.72. The van der Waals surface area contributed by atoms with E-state index < -0.39 is 0 Å². The van der Waals surface area contributed by atoms with Crippen molar-refractivity contribution in [1.82, 2.24) is 0 Å². The van der Waals surface area contributed by atoms with Gasteiger partial charge in [-0.25, -0.2) is 0 Å². The molecule has 0 spiro atoms.